The Morgan fingerprint density at radius 1 is 0.677 bits per heavy atom. The number of carbonyl (C=O) groups is 6. The van der Waals surface area contributed by atoms with Gasteiger partial charge in [0, 0.05) is 49.7 Å². The highest BCUT2D eigenvalue weighted by Crippen LogP contribution is 2.29. The van der Waals surface area contributed by atoms with Gasteiger partial charge in [-0.2, -0.15) is 0 Å². The van der Waals surface area contributed by atoms with Crippen LogP contribution in [-0.4, -0.2) is 108 Å². The molecule has 62 heavy (non-hydrogen) atoms. The molecule has 3 aromatic carbocycles. The minimum absolute atomic E-state index is 0.0451. The highest BCUT2D eigenvalue weighted by molar-refractivity contribution is 6.00. The van der Waals surface area contributed by atoms with Crippen molar-refractivity contribution in [2.24, 2.45) is 10.8 Å². The second-order valence-corrected chi connectivity index (χ2v) is 18.0. The Kier molecular flexibility index (Phi) is 15.2. The highest BCUT2D eigenvalue weighted by Gasteiger charge is 2.45. The molecule has 5 rings (SSSR count). The van der Waals surface area contributed by atoms with Gasteiger partial charge in [-0.1, -0.05) is 84.0 Å². The second kappa shape index (κ2) is 20.1. The third kappa shape index (κ3) is 12.0. The Hall–Kier alpha value is -6.16. The van der Waals surface area contributed by atoms with Crippen LogP contribution in [0.3, 0.4) is 0 Å². The van der Waals surface area contributed by atoms with Gasteiger partial charge in [0.1, 0.15) is 24.2 Å². The number of methoxy groups -OCH3 is 2. The molecule has 0 saturated carbocycles. The number of alkyl carbamates (subject to hydrolysis) is 2. The molecule has 0 spiro atoms. The predicted octanol–water partition coefficient (Wildman–Crippen LogP) is 5.26. The van der Waals surface area contributed by atoms with Gasteiger partial charge >= 0.3 is 12.2 Å². The third-order valence-corrected chi connectivity index (χ3v) is 11.1. The maximum Gasteiger partial charge on any atom is 0.407 e. The van der Waals surface area contributed by atoms with Gasteiger partial charge < -0.3 is 50.5 Å². The molecule has 3 aromatic rings. The fraction of sp³-hybridized carbons (Fsp3) is 0.478. The number of β-amino-alcohol motifs (C(OH)–C–C–N with tert-alkyl or cyclic N) is 1. The first-order valence-corrected chi connectivity index (χ1v) is 20.9. The van der Waals surface area contributed by atoms with Gasteiger partial charge in [0.2, 0.25) is 23.6 Å². The van der Waals surface area contributed by atoms with Crippen LogP contribution in [0.15, 0.2) is 78.9 Å². The van der Waals surface area contributed by atoms with E-state index in [1.807, 2.05) is 87.5 Å². The summed E-state index contributed by atoms with van der Waals surface area (Å²) in [5.74, 6) is -1.56. The number of carbonyl (C=O) groups excluding carboxylic acids is 6. The average molecular weight is 856 g/mol. The van der Waals surface area contributed by atoms with Crippen LogP contribution in [-0.2, 0) is 41.7 Å². The number of hydrogen-bond donors (Lipinski definition) is 5. The molecule has 6 amide bonds. The van der Waals surface area contributed by atoms with Gasteiger partial charge in [-0.3, -0.25) is 19.2 Å². The molecule has 16 heteroatoms. The number of rotatable bonds is 13. The number of anilines is 3. The lowest BCUT2D eigenvalue weighted by molar-refractivity contribution is -0.140. The van der Waals surface area contributed by atoms with Crippen molar-refractivity contribution in [3.63, 3.8) is 0 Å². The molecule has 0 aromatic heterocycles. The number of nitrogens with zero attached hydrogens (tertiary/aromatic N) is 3. The molecule has 5 N–H and O–H groups in total. The number of aliphatic hydroxyl groups excluding tert-OH is 1. The van der Waals surface area contributed by atoms with Crippen LogP contribution in [0.5, 0.6) is 0 Å². The summed E-state index contributed by atoms with van der Waals surface area (Å²) in [6, 6.07) is 21.4. The van der Waals surface area contributed by atoms with Crippen molar-refractivity contribution in [2.75, 3.05) is 42.8 Å². The fourth-order valence-electron chi connectivity index (χ4n) is 7.75. The summed E-state index contributed by atoms with van der Waals surface area (Å²) >= 11 is 0. The summed E-state index contributed by atoms with van der Waals surface area (Å²) in [5.41, 5.74) is 2.75. The zero-order valence-electron chi connectivity index (χ0n) is 36.9. The van der Waals surface area contributed by atoms with E-state index in [4.69, 9.17) is 9.47 Å². The molecule has 4 unspecified atom stereocenters. The number of aliphatic hydroxyl groups is 1. The van der Waals surface area contributed by atoms with E-state index in [1.54, 1.807) is 37.8 Å². The van der Waals surface area contributed by atoms with E-state index < -0.39 is 65.1 Å². The van der Waals surface area contributed by atoms with Crippen molar-refractivity contribution in [1.29, 1.82) is 0 Å². The number of nitrogens with one attached hydrogen (secondary N) is 4. The van der Waals surface area contributed by atoms with E-state index in [1.165, 1.54) is 19.1 Å². The van der Waals surface area contributed by atoms with E-state index >= 15 is 0 Å². The summed E-state index contributed by atoms with van der Waals surface area (Å²) in [6.45, 7) is 12.3. The molecule has 0 bridgehead atoms. The van der Waals surface area contributed by atoms with Crippen molar-refractivity contribution in [3.8, 4) is 0 Å². The van der Waals surface area contributed by atoms with Crippen LogP contribution < -0.4 is 26.2 Å². The summed E-state index contributed by atoms with van der Waals surface area (Å²) in [5, 5.41) is 21.6. The average Bonchev–Trinajstić information content (AvgIpc) is 3.89. The van der Waals surface area contributed by atoms with Crippen LogP contribution in [0.2, 0.25) is 0 Å². The zero-order valence-corrected chi connectivity index (χ0v) is 36.9. The van der Waals surface area contributed by atoms with Crippen molar-refractivity contribution in [2.45, 2.75) is 104 Å². The minimum Gasteiger partial charge on any atom is -0.453 e. The molecule has 0 aliphatic carbocycles. The first-order chi connectivity index (χ1) is 29.3. The first kappa shape index (κ1) is 46.9. The Morgan fingerprint density at radius 2 is 1.13 bits per heavy atom. The van der Waals surface area contributed by atoms with Crippen molar-refractivity contribution in [1.82, 2.24) is 20.4 Å². The molecule has 2 saturated heterocycles. The molecular formula is C46H61N7O9. The van der Waals surface area contributed by atoms with Gasteiger partial charge in [0.05, 0.1) is 20.3 Å². The lowest BCUT2D eigenvalue weighted by atomic mass is 9.85. The lowest BCUT2D eigenvalue weighted by Crippen LogP contribution is -2.57. The molecule has 0 radical (unpaired) electrons. The van der Waals surface area contributed by atoms with Gasteiger partial charge in [-0.05, 0) is 71.2 Å². The smallest absolute Gasteiger partial charge is 0.407 e. The quantitative estimate of drug-likeness (QED) is 0.151. The highest BCUT2D eigenvalue weighted by atomic mass is 16.5. The zero-order chi connectivity index (χ0) is 45.4. The number of para-hydroxylation sites is 1. The van der Waals surface area contributed by atoms with Gasteiger partial charge in [-0.15, -0.1) is 0 Å². The third-order valence-electron chi connectivity index (χ3n) is 11.1. The van der Waals surface area contributed by atoms with Crippen molar-refractivity contribution < 1.29 is 43.3 Å². The fourth-order valence-corrected chi connectivity index (χ4v) is 7.75. The maximum absolute atomic E-state index is 13.7. The molecule has 5 atom stereocenters. The Labute approximate surface area is 363 Å². The molecule has 334 valence electrons. The monoisotopic (exact) mass is 855 g/mol. The lowest BCUT2D eigenvalue weighted by Gasteiger charge is -2.35. The van der Waals surface area contributed by atoms with Crippen LogP contribution in [0.4, 0.5) is 26.7 Å². The minimum atomic E-state index is -0.986. The summed E-state index contributed by atoms with van der Waals surface area (Å²) in [4.78, 5) is 83.7. The Bertz CT molecular complexity index is 2050. The number of benzene rings is 3. The molecule has 2 aliphatic rings. The van der Waals surface area contributed by atoms with E-state index in [2.05, 4.69) is 26.2 Å². The van der Waals surface area contributed by atoms with Crippen LogP contribution >= 0.6 is 0 Å². The van der Waals surface area contributed by atoms with Gasteiger partial charge in [0.25, 0.3) is 0 Å². The standard InChI is InChI=1S/C46H61N7O9/c1-45(2,3)37(49-43(59)61-7)41(57)52-24-12-15-35(52)39(55)47-31-20-16-29(17-21-31)26-51(33-13-10-9-11-14-33)27-30-18-22-32(23-19-30)48-40(56)36-25-34(54)28-53(36)42(58)38(46(4,5)6)50-44(60)62-8/h9-11,13-14,16-23,34-38,54H,12,15,24-28H2,1-8H3,(H,47,55)(H,48,56)(H,49,59)(H,50,60)/t34?,35?,36-,37?,38?/m0/s1. The Morgan fingerprint density at radius 3 is 1.58 bits per heavy atom. The molecule has 16 nitrogen and oxygen atoms in total. The van der Waals surface area contributed by atoms with Crippen LogP contribution in [0, 0.1) is 10.8 Å². The van der Waals surface area contributed by atoms with Crippen LogP contribution in [0.25, 0.3) is 0 Å². The number of amides is 6. The summed E-state index contributed by atoms with van der Waals surface area (Å²) < 4.78 is 9.48. The van der Waals surface area contributed by atoms with Crippen LogP contribution in [0.1, 0.15) is 71.9 Å². The van der Waals surface area contributed by atoms with E-state index in [0.717, 1.165) is 16.8 Å². The van der Waals surface area contributed by atoms with E-state index in [-0.39, 0.29) is 24.8 Å². The SMILES string of the molecule is COC(=O)NC(C(=O)N1CCCC1C(=O)Nc1ccc(CN(Cc2ccc(NC(=O)[C@@H]3CC(O)CN3C(=O)C(NC(=O)OC)C(C)(C)C)cc2)c2ccccc2)cc1)C(C)(C)C. The number of hydrogen-bond acceptors (Lipinski definition) is 10. The van der Waals surface area contributed by atoms with Crippen molar-refractivity contribution in [3.05, 3.63) is 90.0 Å². The second-order valence-electron chi connectivity index (χ2n) is 18.0. The van der Waals surface area contributed by atoms with Crippen molar-refractivity contribution >= 4 is 52.9 Å². The van der Waals surface area contributed by atoms with Gasteiger partial charge in [0.15, 0.2) is 0 Å². The molecule has 2 aliphatic heterocycles. The topological polar surface area (TPSA) is 199 Å². The first-order valence-electron chi connectivity index (χ1n) is 20.9. The van der Waals surface area contributed by atoms with Gasteiger partial charge in [-0.25, -0.2) is 9.59 Å². The van der Waals surface area contributed by atoms with E-state index in [0.29, 0.717) is 43.9 Å². The largest absolute Gasteiger partial charge is 0.453 e. The van der Waals surface area contributed by atoms with E-state index in [9.17, 15) is 33.9 Å². The Balaban J connectivity index is 1.22. The summed E-state index contributed by atoms with van der Waals surface area (Å²) in [6.07, 6.45) is -1.16. The molecule has 2 heterocycles. The normalized spacial score (nSPS) is 18.6. The predicted molar refractivity (Wildman–Crippen MR) is 235 cm³/mol. The summed E-state index contributed by atoms with van der Waals surface area (Å²) in [7, 11) is 2.45. The molecular weight excluding hydrogens is 795 g/mol. The number of likely N-dealkylation sites (tertiary alicyclic amines) is 2. The maximum atomic E-state index is 13.7. The molecule has 2 fully saturated rings. The number of ether oxygens (including phenoxy) is 2.